The molecule has 0 saturated carbocycles. The second kappa shape index (κ2) is 11.0. The van der Waals surface area contributed by atoms with Gasteiger partial charge in [0.2, 0.25) is 0 Å². The molecule has 1 aliphatic rings. The molecule has 28 heavy (non-hydrogen) atoms. The molecule has 2 aromatic rings. The molecule has 0 atom stereocenters. The zero-order valence-corrected chi connectivity index (χ0v) is 17.1. The number of aromatic nitrogens is 1. The molecule has 0 spiro atoms. The Kier molecular flexibility index (Phi) is 8.03. The SMILES string of the molecule is O=Cc1ccccc1OCC(=O)Nc1nc2c(s1)CCCCCCCCCC2. The lowest BCUT2D eigenvalue weighted by atomic mass is 10.0. The van der Waals surface area contributed by atoms with E-state index in [-0.39, 0.29) is 12.5 Å². The first-order chi connectivity index (χ1) is 13.8. The first-order valence-electron chi connectivity index (χ1n) is 10.2. The normalized spacial score (nSPS) is 15.6. The highest BCUT2D eigenvalue weighted by atomic mass is 32.1. The Morgan fingerprint density at radius 1 is 1.04 bits per heavy atom. The predicted octanol–water partition coefficient (Wildman–Crippen LogP) is 5.19. The van der Waals surface area contributed by atoms with Crippen molar-refractivity contribution in [1.29, 1.82) is 0 Å². The van der Waals surface area contributed by atoms with Crippen molar-refractivity contribution in [3.8, 4) is 5.75 Å². The number of hydrogen-bond acceptors (Lipinski definition) is 5. The highest BCUT2D eigenvalue weighted by molar-refractivity contribution is 7.15. The molecule has 5 nitrogen and oxygen atoms in total. The molecule has 1 N–H and O–H groups in total. The molecule has 0 radical (unpaired) electrons. The third-order valence-corrected chi connectivity index (χ3v) is 6.07. The van der Waals surface area contributed by atoms with Gasteiger partial charge in [-0.25, -0.2) is 4.98 Å². The molecule has 3 rings (SSSR count). The number of nitrogens with one attached hydrogen (secondary N) is 1. The maximum Gasteiger partial charge on any atom is 0.264 e. The third kappa shape index (κ3) is 6.16. The van der Waals surface area contributed by atoms with Gasteiger partial charge >= 0.3 is 0 Å². The summed E-state index contributed by atoms with van der Waals surface area (Å²) >= 11 is 1.59. The van der Waals surface area contributed by atoms with Gasteiger partial charge in [-0.05, 0) is 37.8 Å². The number of carbonyl (C=O) groups is 2. The molecular weight excluding hydrogens is 372 g/mol. The number of thiazole rings is 1. The molecule has 0 bridgehead atoms. The van der Waals surface area contributed by atoms with Gasteiger partial charge in [-0.1, -0.05) is 50.7 Å². The quantitative estimate of drug-likeness (QED) is 0.701. The monoisotopic (exact) mass is 400 g/mol. The van der Waals surface area contributed by atoms with Gasteiger partial charge in [0.25, 0.3) is 5.91 Å². The van der Waals surface area contributed by atoms with Crippen molar-refractivity contribution >= 4 is 28.7 Å². The molecule has 0 aliphatic heterocycles. The molecule has 0 saturated heterocycles. The van der Waals surface area contributed by atoms with E-state index < -0.39 is 0 Å². The molecule has 0 unspecified atom stereocenters. The van der Waals surface area contributed by atoms with Crippen LogP contribution in [0.1, 0.15) is 72.3 Å². The maximum absolute atomic E-state index is 12.3. The fourth-order valence-electron chi connectivity index (χ4n) is 3.47. The Labute approximate surface area is 170 Å². The Hall–Kier alpha value is -2.21. The fourth-order valence-corrected chi connectivity index (χ4v) is 4.54. The minimum Gasteiger partial charge on any atom is -0.483 e. The van der Waals surface area contributed by atoms with Crippen LogP contribution in [0.2, 0.25) is 0 Å². The van der Waals surface area contributed by atoms with Gasteiger partial charge in [0.05, 0.1) is 11.3 Å². The van der Waals surface area contributed by atoms with Crippen LogP contribution in [0.3, 0.4) is 0 Å². The molecule has 1 aliphatic carbocycles. The largest absolute Gasteiger partial charge is 0.483 e. The molecular formula is C22H28N2O3S. The first kappa shape index (κ1) is 20.5. The minimum absolute atomic E-state index is 0.144. The van der Waals surface area contributed by atoms with Crippen molar-refractivity contribution < 1.29 is 14.3 Å². The van der Waals surface area contributed by atoms with Crippen molar-refractivity contribution in [2.24, 2.45) is 0 Å². The topological polar surface area (TPSA) is 68.3 Å². The van der Waals surface area contributed by atoms with Gasteiger partial charge in [-0.3, -0.25) is 14.9 Å². The van der Waals surface area contributed by atoms with Crippen LogP contribution in [0, 0.1) is 0 Å². The second-order valence-corrected chi connectivity index (χ2v) is 8.29. The smallest absolute Gasteiger partial charge is 0.264 e. The number of aryl methyl sites for hydroxylation is 2. The minimum atomic E-state index is -0.259. The van der Waals surface area contributed by atoms with E-state index in [4.69, 9.17) is 4.74 Å². The number of hydrogen-bond donors (Lipinski definition) is 1. The summed E-state index contributed by atoms with van der Waals surface area (Å²) in [6.07, 6.45) is 13.0. The van der Waals surface area contributed by atoms with Crippen LogP contribution < -0.4 is 10.1 Å². The lowest BCUT2D eigenvalue weighted by molar-refractivity contribution is -0.118. The second-order valence-electron chi connectivity index (χ2n) is 7.21. The number of benzene rings is 1. The zero-order chi connectivity index (χ0) is 19.6. The van der Waals surface area contributed by atoms with Gasteiger partial charge in [0, 0.05) is 4.88 Å². The van der Waals surface area contributed by atoms with Gasteiger partial charge in [0.1, 0.15) is 5.75 Å². The van der Waals surface area contributed by atoms with E-state index in [1.165, 1.54) is 49.8 Å². The number of anilines is 1. The maximum atomic E-state index is 12.3. The van der Waals surface area contributed by atoms with E-state index >= 15 is 0 Å². The van der Waals surface area contributed by atoms with Crippen molar-refractivity contribution in [1.82, 2.24) is 4.98 Å². The number of para-hydroxylation sites is 1. The standard InChI is InChI=1S/C22H28N2O3S/c25-15-17-11-9-10-13-19(17)27-16-21(26)24-22-23-18-12-7-5-3-1-2-4-6-8-14-20(18)28-22/h9-11,13,15H,1-8,12,14,16H2,(H,23,24,26). The number of aldehydes is 1. The fraction of sp³-hybridized carbons (Fsp3) is 0.500. The summed E-state index contributed by atoms with van der Waals surface area (Å²) in [6, 6.07) is 6.88. The van der Waals surface area contributed by atoms with E-state index in [1.54, 1.807) is 35.6 Å². The van der Waals surface area contributed by atoms with Gasteiger partial charge in [0.15, 0.2) is 18.0 Å². The van der Waals surface area contributed by atoms with E-state index in [9.17, 15) is 9.59 Å². The molecule has 6 heteroatoms. The average Bonchev–Trinajstić information content (AvgIpc) is 3.07. The Morgan fingerprint density at radius 2 is 1.71 bits per heavy atom. The van der Waals surface area contributed by atoms with Crippen LogP contribution >= 0.6 is 11.3 Å². The van der Waals surface area contributed by atoms with Gasteiger partial charge < -0.3 is 4.74 Å². The van der Waals surface area contributed by atoms with Gasteiger partial charge in [-0.2, -0.15) is 0 Å². The van der Waals surface area contributed by atoms with Crippen LogP contribution in [-0.4, -0.2) is 23.8 Å². The molecule has 1 aromatic carbocycles. The van der Waals surface area contributed by atoms with Crippen LogP contribution in [0.25, 0.3) is 0 Å². The number of nitrogens with zero attached hydrogens (tertiary/aromatic N) is 1. The number of ether oxygens (including phenoxy) is 1. The molecule has 150 valence electrons. The lowest BCUT2D eigenvalue weighted by Gasteiger charge is -2.07. The summed E-state index contributed by atoms with van der Waals surface area (Å²) in [4.78, 5) is 29.3. The van der Waals surface area contributed by atoms with E-state index in [0.717, 1.165) is 31.2 Å². The highest BCUT2D eigenvalue weighted by Crippen LogP contribution is 2.27. The van der Waals surface area contributed by atoms with E-state index in [1.807, 2.05) is 0 Å². The summed E-state index contributed by atoms with van der Waals surface area (Å²) in [5.41, 5.74) is 1.58. The molecule has 0 fully saturated rings. The van der Waals surface area contributed by atoms with Crippen molar-refractivity contribution in [3.63, 3.8) is 0 Å². The van der Waals surface area contributed by atoms with Crippen LogP contribution in [-0.2, 0) is 17.6 Å². The van der Waals surface area contributed by atoms with E-state index in [0.29, 0.717) is 16.4 Å². The number of rotatable bonds is 5. The Morgan fingerprint density at radius 3 is 2.46 bits per heavy atom. The summed E-state index contributed by atoms with van der Waals surface area (Å²) in [7, 11) is 0. The highest BCUT2D eigenvalue weighted by Gasteiger charge is 2.14. The average molecular weight is 401 g/mol. The number of amides is 1. The van der Waals surface area contributed by atoms with Crippen LogP contribution in [0.4, 0.5) is 5.13 Å². The molecule has 1 aromatic heterocycles. The third-order valence-electron chi connectivity index (χ3n) is 5.00. The van der Waals surface area contributed by atoms with Crippen LogP contribution in [0.15, 0.2) is 24.3 Å². The Bertz CT molecular complexity index is 758. The molecule has 1 amide bonds. The zero-order valence-electron chi connectivity index (χ0n) is 16.2. The first-order valence-corrected chi connectivity index (χ1v) is 11.0. The Balaban J connectivity index is 1.58. The number of carbonyl (C=O) groups excluding carboxylic acids is 2. The van der Waals surface area contributed by atoms with Crippen molar-refractivity contribution in [3.05, 3.63) is 40.4 Å². The number of fused-ring (bicyclic) bond motifs is 1. The predicted molar refractivity (Wildman–Crippen MR) is 112 cm³/mol. The van der Waals surface area contributed by atoms with E-state index in [2.05, 4.69) is 10.3 Å². The van der Waals surface area contributed by atoms with Crippen LogP contribution in [0.5, 0.6) is 5.75 Å². The summed E-state index contributed by atoms with van der Waals surface area (Å²) in [6.45, 7) is -0.144. The van der Waals surface area contributed by atoms with Gasteiger partial charge in [-0.15, -0.1) is 11.3 Å². The van der Waals surface area contributed by atoms with Crippen molar-refractivity contribution in [2.45, 2.75) is 64.2 Å². The lowest BCUT2D eigenvalue weighted by Crippen LogP contribution is -2.20. The summed E-state index contributed by atoms with van der Waals surface area (Å²) in [5.74, 6) is 0.157. The molecule has 1 heterocycles. The summed E-state index contributed by atoms with van der Waals surface area (Å²) < 4.78 is 5.50. The van der Waals surface area contributed by atoms with Crippen molar-refractivity contribution in [2.75, 3.05) is 11.9 Å². The summed E-state index contributed by atoms with van der Waals surface area (Å²) in [5, 5.41) is 3.51.